The number of thiazole rings is 1. The molecule has 0 spiro atoms. The predicted molar refractivity (Wildman–Crippen MR) is 43.7 cm³/mol. The highest BCUT2D eigenvalue weighted by atomic mass is 32.1. The van der Waals surface area contributed by atoms with E-state index in [9.17, 15) is 4.79 Å². The Morgan fingerprint density at radius 1 is 1.64 bits per heavy atom. The first-order valence-electron chi connectivity index (χ1n) is 3.76. The maximum absolute atomic E-state index is 10.9. The summed E-state index contributed by atoms with van der Waals surface area (Å²) in [5.41, 5.74) is 2.94. The highest BCUT2D eigenvalue weighted by Crippen LogP contribution is 2.31. The van der Waals surface area contributed by atoms with Gasteiger partial charge in [0.2, 0.25) is 0 Å². The van der Waals surface area contributed by atoms with Crippen molar-refractivity contribution in [3.05, 3.63) is 16.6 Å². The molecule has 1 unspecified atom stereocenters. The number of ketones is 1. The molecule has 1 aliphatic rings. The van der Waals surface area contributed by atoms with Crippen molar-refractivity contribution in [3.63, 3.8) is 0 Å². The first kappa shape index (κ1) is 6.98. The lowest BCUT2D eigenvalue weighted by Crippen LogP contribution is -1.93. The molecule has 1 atom stereocenters. The second-order valence-electron chi connectivity index (χ2n) is 2.89. The largest absolute Gasteiger partial charge is 0.300 e. The Morgan fingerprint density at radius 2 is 2.55 bits per heavy atom. The third-order valence-corrected chi connectivity index (χ3v) is 2.72. The van der Waals surface area contributed by atoms with Crippen LogP contribution in [0.5, 0.6) is 0 Å². The van der Waals surface area contributed by atoms with E-state index in [1.807, 2.05) is 10.9 Å². The van der Waals surface area contributed by atoms with Crippen LogP contribution >= 0.6 is 11.3 Å². The molecular formula is C8H9NOS. The van der Waals surface area contributed by atoms with Gasteiger partial charge < -0.3 is 0 Å². The molecule has 1 heterocycles. The van der Waals surface area contributed by atoms with E-state index in [4.69, 9.17) is 0 Å². The van der Waals surface area contributed by atoms with Crippen LogP contribution in [0.3, 0.4) is 0 Å². The number of carbonyl (C=O) groups excluding carboxylic acids is 1. The Balaban J connectivity index is 2.13. The molecule has 1 aliphatic carbocycles. The topological polar surface area (TPSA) is 30.0 Å². The molecule has 0 N–H and O–H groups in total. The predicted octanol–water partition coefficient (Wildman–Crippen LogP) is 1.98. The van der Waals surface area contributed by atoms with Crippen molar-refractivity contribution < 1.29 is 4.79 Å². The van der Waals surface area contributed by atoms with Gasteiger partial charge in [-0.05, 0) is 6.42 Å². The number of nitrogens with zero attached hydrogens (tertiary/aromatic N) is 1. The Hall–Kier alpha value is -0.700. The minimum Gasteiger partial charge on any atom is -0.300 e. The monoisotopic (exact) mass is 167 g/mol. The number of Topliss-reactive ketones (excluding diaryl/α,β-unsaturated/α-hetero) is 1. The summed E-state index contributed by atoms with van der Waals surface area (Å²) in [5.74, 6) is 0.816. The zero-order chi connectivity index (χ0) is 7.68. The van der Waals surface area contributed by atoms with E-state index < -0.39 is 0 Å². The van der Waals surface area contributed by atoms with Gasteiger partial charge in [0, 0.05) is 24.1 Å². The molecule has 1 fully saturated rings. The van der Waals surface area contributed by atoms with Crippen LogP contribution in [-0.2, 0) is 4.79 Å². The van der Waals surface area contributed by atoms with Crippen molar-refractivity contribution in [2.45, 2.75) is 25.2 Å². The van der Waals surface area contributed by atoms with Crippen LogP contribution in [0.15, 0.2) is 10.9 Å². The summed E-state index contributed by atoms with van der Waals surface area (Å²) in [6.07, 6.45) is 2.47. The van der Waals surface area contributed by atoms with Crippen LogP contribution in [0.25, 0.3) is 0 Å². The molecule has 11 heavy (non-hydrogen) atoms. The number of hydrogen-bond donors (Lipinski definition) is 0. The molecule has 1 aromatic heterocycles. The van der Waals surface area contributed by atoms with Gasteiger partial charge >= 0.3 is 0 Å². The van der Waals surface area contributed by atoms with E-state index >= 15 is 0 Å². The fourth-order valence-electron chi connectivity index (χ4n) is 1.49. The average molecular weight is 167 g/mol. The van der Waals surface area contributed by atoms with Gasteiger partial charge in [-0.2, -0.15) is 0 Å². The van der Waals surface area contributed by atoms with E-state index in [1.165, 1.54) is 0 Å². The van der Waals surface area contributed by atoms with E-state index in [2.05, 4.69) is 4.98 Å². The van der Waals surface area contributed by atoms with Gasteiger partial charge in [-0.25, -0.2) is 4.98 Å². The van der Waals surface area contributed by atoms with Gasteiger partial charge in [-0.3, -0.25) is 4.79 Å². The van der Waals surface area contributed by atoms with Crippen molar-refractivity contribution in [1.29, 1.82) is 0 Å². The third kappa shape index (κ3) is 1.33. The lowest BCUT2D eigenvalue weighted by molar-refractivity contribution is -0.117. The van der Waals surface area contributed by atoms with Crippen molar-refractivity contribution in [3.8, 4) is 0 Å². The molecule has 0 aromatic carbocycles. The van der Waals surface area contributed by atoms with Crippen LogP contribution in [-0.4, -0.2) is 10.8 Å². The van der Waals surface area contributed by atoms with Gasteiger partial charge in [-0.15, -0.1) is 11.3 Å². The summed E-state index contributed by atoms with van der Waals surface area (Å²) in [4.78, 5) is 15.1. The number of carbonyl (C=O) groups is 1. The Morgan fingerprint density at radius 3 is 3.09 bits per heavy atom. The third-order valence-electron chi connectivity index (χ3n) is 2.12. The summed E-state index contributed by atoms with van der Waals surface area (Å²) in [6.45, 7) is 0. The number of rotatable bonds is 1. The molecule has 0 aliphatic heterocycles. The quantitative estimate of drug-likeness (QED) is 0.640. The van der Waals surface area contributed by atoms with Crippen molar-refractivity contribution in [1.82, 2.24) is 4.98 Å². The molecule has 2 rings (SSSR count). The average Bonchev–Trinajstić information content (AvgIpc) is 2.55. The molecule has 0 saturated heterocycles. The molecule has 1 aromatic rings. The molecule has 2 nitrogen and oxygen atoms in total. The van der Waals surface area contributed by atoms with Crippen LogP contribution in [0.4, 0.5) is 0 Å². The zero-order valence-corrected chi connectivity index (χ0v) is 6.93. The van der Waals surface area contributed by atoms with E-state index in [0.29, 0.717) is 18.1 Å². The van der Waals surface area contributed by atoms with Crippen LogP contribution in [0, 0.1) is 0 Å². The standard InChI is InChI=1S/C8H9NOS/c10-7-2-1-6(3-7)8-4-11-5-9-8/h4-6H,1-3H2. The van der Waals surface area contributed by atoms with Gasteiger partial charge in [0.25, 0.3) is 0 Å². The highest BCUT2D eigenvalue weighted by molar-refractivity contribution is 7.07. The second kappa shape index (κ2) is 2.74. The molecule has 3 heteroatoms. The number of hydrogen-bond acceptors (Lipinski definition) is 3. The van der Waals surface area contributed by atoms with Gasteiger partial charge in [0.05, 0.1) is 11.2 Å². The maximum Gasteiger partial charge on any atom is 0.133 e. The van der Waals surface area contributed by atoms with E-state index in [1.54, 1.807) is 11.3 Å². The van der Waals surface area contributed by atoms with Gasteiger partial charge in [-0.1, -0.05) is 0 Å². The second-order valence-corrected chi connectivity index (χ2v) is 3.61. The summed E-state index contributed by atoms with van der Waals surface area (Å²) in [6, 6.07) is 0. The zero-order valence-electron chi connectivity index (χ0n) is 6.12. The van der Waals surface area contributed by atoms with Crippen molar-refractivity contribution >= 4 is 17.1 Å². The van der Waals surface area contributed by atoms with E-state index in [0.717, 1.165) is 18.5 Å². The van der Waals surface area contributed by atoms with Crippen LogP contribution in [0.2, 0.25) is 0 Å². The first-order chi connectivity index (χ1) is 5.36. The van der Waals surface area contributed by atoms with Crippen molar-refractivity contribution in [2.24, 2.45) is 0 Å². The minimum atomic E-state index is 0.392. The van der Waals surface area contributed by atoms with Crippen LogP contribution < -0.4 is 0 Å². The molecule has 58 valence electrons. The molecule has 0 radical (unpaired) electrons. The smallest absolute Gasteiger partial charge is 0.133 e. The van der Waals surface area contributed by atoms with Crippen LogP contribution in [0.1, 0.15) is 30.9 Å². The first-order valence-corrected chi connectivity index (χ1v) is 4.70. The van der Waals surface area contributed by atoms with E-state index in [-0.39, 0.29) is 0 Å². The molecule has 1 saturated carbocycles. The Kier molecular flexibility index (Phi) is 1.74. The molecule has 0 amide bonds. The Labute approximate surface area is 69.3 Å². The Bertz CT molecular complexity index is 255. The SMILES string of the molecule is O=C1CCC(c2cscn2)C1. The lowest BCUT2D eigenvalue weighted by atomic mass is 10.1. The normalized spacial score (nSPS) is 24.4. The fraction of sp³-hybridized carbons (Fsp3) is 0.500. The van der Waals surface area contributed by atoms with Gasteiger partial charge in [0.1, 0.15) is 5.78 Å². The highest BCUT2D eigenvalue weighted by Gasteiger charge is 2.24. The number of aromatic nitrogens is 1. The minimum absolute atomic E-state index is 0.392. The maximum atomic E-state index is 10.9. The lowest BCUT2D eigenvalue weighted by Gasteiger charge is -2.00. The summed E-state index contributed by atoms with van der Waals surface area (Å²) < 4.78 is 0. The van der Waals surface area contributed by atoms with Gasteiger partial charge in [0.15, 0.2) is 0 Å². The summed E-state index contributed by atoms with van der Waals surface area (Å²) in [7, 11) is 0. The van der Waals surface area contributed by atoms with Crippen molar-refractivity contribution in [2.75, 3.05) is 0 Å². The summed E-state index contributed by atoms with van der Waals surface area (Å²) >= 11 is 1.61. The fourth-order valence-corrected chi connectivity index (χ4v) is 2.13. The molecular weight excluding hydrogens is 158 g/mol. The molecule has 0 bridgehead atoms. The summed E-state index contributed by atoms with van der Waals surface area (Å²) in [5, 5.41) is 2.04.